The lowest BCUT2D eigenvalue weighted by atomic mass is 10.1. The lowest BCUT2D eigenvalue weighted by Crippen LogP contribution is -1.80. The Hall–Kier alpha value is -2.29. The summed E-state index contributed by atoms with van der Waals surface area (Å²) in [6, 6.07) is 20.4. The quantitative estimate of drug-likeness (QED) is 0.175. The molecule has 3 rings (SSSR count). The molecule has 1 atom stereocenters. The predicted molar refractivity (Wildman–Crippen MR) is 139 cm³/mol. The SMILES string of the molecule is CC.CC.CC.PCc1ccc(C#Cc2ccc3cc(N=C=S)ccc3c2)cc1. The third-order valence-corrected chi connectivity index (χ3v) is 4.10. The van der Waals surface area contributed by atoms with Crippen molar-refractivity contribution in [2.45, 2.75) is 47.7 Å². The van der Waals surface area contributed by atoms with Crippen molar-refractivity contribution in [1.29, 1.82) is 0 Å². The third kappa shape index (κ3) is 9.17. The highest BCUT2D eigenvalue weighted by Gasteiger charge is 1.97. The fourth-order valence-electron chi connectivity index (χ4n) is 2.30. The first-order valence-corrected chi connectivity index (χ1v) is 11.4. The number of fused-ring (bicyclic) bond motifs is 1. The van der Waals surface area contributed by atoms with Crippen LogP contribution in [0.2, 0.25) is 0 Å². The van der Waals surface area contributed by atoms with Crippen LogP contribution >= 0.6 is 21.5 Å². The molecule has 0 bridgehead atoms. The molecule has 0 spiro atoms. The summed E-state index contributed by atoms with van der Waals surface area (Å²) in [4.78, 5) is 4.00. The zero-order chi connectivity index (χ0) is 22.1. The Morgan fingerprint density at radius 3 is 1.83 bits per heavy atom. The lowest BCUT2D eigenvalue weighted by molar-refractivity contribution is 1.41. The number of hydrogen-bond acceptors (Lipinski definition) is 2. The van der Waals surface area contributed by atoms with Crippen molar-refractivity contribution >= 4 is 43.1 Å². The number of hydrogen-bond donors (Lipinski definition) is 0. The largest absolute Gasteiger partial charge is 0.195 e. The van der Waals surface area contributed by atoms with E-state index in [1.807, 2.05) is 65.8 Å². The molecule has 152 valence electrons. The van der Waals surface area contributed by atoms with Gasteiger partial charge in [0.1, 0.15) is 0 Å². The van der Waals surface area contributed by atoms with Crippen molar-refractivity contribution in [3.05, 3.63) is 77.4 Å². The van der Waals surface area contributed by atoms with E-state index in [-0.39, 0.29) is 0 Å². The molecule has 1 nitrogen and oxygen atoms in total. The van der Waals surface area contributed by atoms with Crippen LogP contribution in [0.25, 0.3) is 10.8 Å². The van der Waals surface area contributed by atoms with Gasteiger partial charge < -0.3 is 0 Å². The number of thiocarbonyl (C=S) groups is 1. The second-order valence-corrected chi connectivity index (χ2v) is 5.69. The Bertz CT molecular complexity index is 959. The van der Waals surface area contributed by atoms with E-state index < -0.39 is 0 Å². The zero-order valence-corrected chi connectivity index (χ0v) is 20.4. The summed E-state index contributed by atoms with van der Waals surface area (Å²) in [5.41, 5.74) is 4.14. The van der Waals surface area contributed by atoms with Crippen molar-refractivity contribution < 1.29 is 0 Å². The number of benzene rings is 3. The summed E-state index contributed by atoms with van der Waals surface area (Å²) in [6.45, 7) is 12.0. The van der Waals surface area contributed by atoms with Crippen LogP contribution < -0.4 is 0 Å². The van der Waals surface area contributed by atoms with Gasteiger partial charge in [0.2, 0.25) is 0 Å². The van der Waals surface area contributed by atoms with Gasteiger partial charge in [0.25, 0.3) is 0 Å². The standard InChI is InChI=1S/C20H14NPS.3C2H6/c22-13-17-5-2-15(3-6-17)1-4-16-7-8-19-12-20(21-14-23)10-9-18(19)11-16;3*1-2/h2-3,5-12H,13,22H2;3*1-2H3. The van der Waals surface area contributed by atoms with Crippen LogP contribution in [0.5, 0.6) is 0 Å². The first kappa shape index (κ1) is 26.7. The minimum atomic E-state index is 0.820. The molecule has 3 heteroatoms. The normalized spacial score (nSPS) is 8.38. The maximum atomic E-state index is 4.64. The van der Waals surface area contributed by atoms with Crippen LogP contribution in [0.15, 0.2) is 65.7 Å². The summed E-state index contributed by atoms with van der Waals surface area (Å²) in [7, 11) is 2.73. The topological polar surface area (TPSA) is 12.4 Å². The smallest absolute Gasteiger partial charge is 0.0745 e. The van der Waals surface area contributed by atoms with E-state index >= 15 is 0 Å². The Morgan fingerprint density at radius 2 is 1.24 bits per heavy atom. The predicted octanol–water partition coefficient (Wildman–Crippen LogP) is 8.43. The average molecular weight is 422 g/mol. The van der Waals surface area contributed by atoms with Crippen molar-refractivity contribution in [3.8, 4) is 11.8 Å². The van der Waals surface area contributed by atoms with E-state index in [4.69, 9.17) is 0 Å². The lowest BCUT2D eigenvalue weighted by Gasteiger charge is -2.00. The molecule has 0 aliphatic carbocycles. The van der Waals surface area contributed by atoms with Gasteiger partial charge >= 0.3 is 0 Å². The molecule has 3 aromatic carbocycles. The maximum absolute atomic E-state index is 4.64. The summed E-state index contributed by atoms with van der Waals surface area (Å²) in [5.74, 6) is 6.43. The molecular formula is C26H32NPS. The third-order valence-electron chi connectivity index (χ3n) is 3.54. The Labute approximate surface area is 184 Å². The van der Waals surface area contributed by atoms with Crippen LogP contribution in [-0.2, 0) is 6.16 Å². The van der Waals surface area contributed by atoms with Crippen LogP contribution in [0.3, 0.4) is 0 Å². The van der Waals surface area contributed by atoms with E-state index in [1.54, 1.807) is 0 Å². The Balaban J connectivity index is 0.00000120. The minimum Gasteiger partial charge on any atom is -0.195 e. The molecule has 0 N–H and O–H groups in total. The molecule has 0 heterocycles. The molecule has 0 radical (unpaired) electrons. The number of isothiocyanates is 1. The summed E-state index contributed by atoms with van der Waals surface area (Å²) < 4.78 is 0. The molecule has 0 aliphatic heterocycles. The van der Waals surface area contributed by atoms with Gasteiger partial charge in [0.15, 0.2) is 0 Å². The maximum Gasteiger partial charge on any atom is 0.0745 e. The van der Waals surface area contributed by atoms with Crippen LogP contribution in [0.1, 0.15) is 58.2 Å². The molecule has 0 fully saturated rings. The molecule has 0 amide bonds. The summed E-state index contributed by atoms with van der Waals surface area (Å²) in [5, 5.41) is 4.65. The van der Waals surface area contributed by atoms with Gasteiger partial charge in [-0.05, 0) is 71.1 Å². The van der Waals surface area contributed by atoms with Crippen LogP contribution in [-0.4, -0.2) is 5.16 Å². The van der Waals surface area contributed by atoms with Gasteiger partial charge in [-0.1, -0.05) is 77.6 Å². The van der Waals surface area contributed by atoms with Crippen LogP contribution in [0.4, 0.5) is 5.69 Å². The highest BCUT2D eigenvalue weighted by molar-refractivity contribution is 7.78. The monoisotopic (exact) mass is 421 g/mol. The van der Waals surface area contributed by atoms with Crippen molar-refractivity contribution in [1.82, 2.24) is 0 Å². The number of nitrogens with zero attached hydrogens (tertiary/aromatic N) is 1. The van der Waals surface area contributed by atoms with E-state index in [0.717, 1.165) is 33.7 Å². The second-order valence-electron chi connectivity index (χ2n) is 5.10. The van der Waals surface area contributed by atoms with Gasteiger partial charge in [0.05, 0.1) is 10.8 Å². The van der Waals surface area contributed by atoms with E-state index in [2.05, 4.69) is 79.9 Å². The second kappa shape index (κ2) is 16.6. The van der Waals surface area contributed by atoms with E-state index in [1.165, 1.54) is 5.56 Å². The summed E-state index contributed by atoms with van der Waals surface area (Å²) in [6.07, 6.45) is 0.966. The Morgan fingerprint density at radius 1 is 0.724 bits per heavy atom. The molecule has 0 saturated heterocycles. The van der Waals surface area contributed by atoms with Gasteiger partial charge in [-0.25, -0.2) is 0 Å². The fraction of sp³-hybridized carbons (Fsp3) is 0.269. The molecule has 29 heavy (non-hydrogen) atoms. The highest BCUT2D eigenvalue weighted by Crippen LogP contribution is 2.22. The molecule has 3 aromatic rings. The molecule has 0 saturated carbocycles. The van der Waals surface area contributed by atoms with Crippen molar-refractivity contribution in [2.24, 2.45) is 4.99 Å². The molecular weight excluding hydrogens is 389 g/mol. The van der Waals surface area contributed by atoms with Crippen molar-refractivity contribution in [2.75, 3.05) is 0 Å². The van der Waals surface area contributed by atoms with E-state index in [9.17, 15) is 0 Å². The number of aliphatic imine (C=N–C) groups is 1. The highest BCUT2D eigenvalue weighted by atomic mass is 32.1. The number of rotatable bonds is 2. The fourth-order valence-corrected chi connectivity index (χ4v) is 2.68. The van der Waals surface area contributed by atoms with Gasteiger partial charge in [-0.15, -0.1) is 9.24 Å². The first-order chi connectivity index (χ1) is 14.3. The minimum absolute atomic E-state index is 0.820. The van der Waals surface area contributed by atoms with Gasteiger partial charge in [0, 0.05) is 11.1 Å². The molecule has 1 unspecified atom stereocenters. The van der Waals surface area contributed by atoms with Gasteiger partial charge in [-0.3, -0.25) is 0 Å². The van der Waals surface area contributed by atoms with Crippen molar-refractivity contribution in [3.63, 3.8) is 0 Å². The van der Waals surface area contributed by atoms with E-state index in [0.29, 0.717) is 0 Å². The summed E-state index contributed by atoms with van der Waals surface area (Å²) >= 11 is 4.64. The van der Waals surface area contributed by atoms with Gasteiger partial charge in [-0.2, -0.15) is 4.99 Å². The Kier molecular flexibility index (Phi) is 15.3. The zero-order valence-electron chi connectivity index (χ0n) is 18.4. The molecule has 0 aromatic heterocycles. The van der Waals surface area contributed by atoms with Crippen LogP contribution in [0, 0.1) is 11.8 Å². The molecule has 0 aliphatic rings. The average Bonchev–Trinajstić information content (AvgIpc) is 2.82. The first-order valence-electron chi connectivity index (χ1n) is 10.2.